The molecule has 0 amide bonds. The van der Waals surface area contributed by atoms with Crippen LogP contribution >= 0.6 is 0 Å². The topological polar surface area (TPSA) is 0 Å². The molecule has 0 nitrogen and oxygen atoms in total. The lowest BCUT2D eigenvalue weighted by Crippen LogP contribution is -1.97. The van der Waals surface area contributed by atoms with Crippen molar-refractivity contribution in [3.63, 3.8) is 0 Å². The first-order chi connectivity index (χ1) is 52.7. The Hall–Kier alpha value is -13.8. The minimum absolute atomic E-state index is 1.16. The summed E-state index contributed by atoms with van der Waals surface area (Å²) in [6.45, 7) is 0. The molecule has 0 aromatic heterocycles. The highest BCUT2D eigenvalue weighted by Crippen LogP contribution is 2.55. The molecular weight excluding hydrogens is 1270 g/mol. The van der Waals surface area contributed by atoms with E-state index < -0.39 is 0 Å². The molecule has 0 N–H and O–H groups in total. The third-order valence-electron chi connectivity index (χ3n) is 23.6. The van der Waals surface area contributed by atoms with Crippen LogP contribution in [0.2, 0.25) is 0 Å². The zero-order chi connectivity index (χ0) is 69.2. The van der Waals surface area contributed by atoms with Crippen molar-refractivity contribution in [1.82, 2.24) is 0 Å². The van der Waals surface area contributed by atoms with Gasteiger partial charge in [-0.05, 0) is 245 Å². The molecule has 0 saturated carbocycles. The molecule has 21 aromatic rings. The van der Waals surface area contributed by atoms with Crippen molar-refractivity contribution in [2.24, 2.45) is 0 Å². The maximum absolute atomic E-state index is 2.51. The number of hydrogen-bond acceptors (Lipinski definition) is 0. The molecule has 0 bridgehead atoms. The summed E-state index contributed by atoms with van der Waals surface area (Å²) in [7, 11) is 0. The van der Waals surface area contributed by atoms with E-state index in [1.54, 1.807) is 0 Å². The van der Waals surface area contributed by atoms with E-state index in [1.165, 1.54) is 233 Å². The maximum Gasteiger partial charge on any atom is -0.000139 e. The summed E-state index contributed by atoms with van der Waals surface area (Å²) in [6.07, 6.45) is 0. The largest absolute Gasteiger partial charge is 0.0622 e. The van der Waals surface area contributed by atoms with Crippen molar-refractivity contribution >= 4 is 97.0 Å². The van der Waals surface area contributed by atoms with Gasteiger partial charge in [0.2, 0.25) is 0 Å². The molecule has 0 saturated heterocycles. The normalized spacial score (nSPS) is 12.2. The fourth-order valence-electron chi connectivity index (χ4n) is 19.5. The van der Waals surface area contributed by atoms with E-state index in [0.717, 1.165) is 5.56 Å². The standard InChI is InChI=1S/C106H62/c1-8-28-64(29-9-1)89-73-42-22-23-43-74(73)90(65-30-10-2-11-31-65)102-85-59-55-80-82-57-61-87-100-86(60-56-81(98(82)100)79-54-58-84(101(89)102)99(85)97(79)80)103-91(66-32-12-3-13-33-66)83-53-52-72(62-88(83)96(104(87)103)70-40-20-7-21-41-70)63-48-50-71(51-49-63)95-78-47-27-26-46-77(78)93(68-36-16-5-17-37-68)105-92(67-34-14-4-15-35-67)75-44-24-25-45-76(75)94(106(95)105)69-38-18-6-19-39-69/h1-62H. The van der Waals surface area contributed by atoms with Gasteiger partial charge in [-0.15, -0.1) is 0 Å². The Morgan fingerprint density at radius 2 is 0.302 bits per heavy atom. The lowest BCUT2D eigenvalue weighted by molar-refractivity contribution is 1.49. The zero-order valence-corrected chi connectivity index (χ0v) is 57.8. The first kappa shape index (κ1) is 58.8. The fraction of sp³-hybridized carbons (Fsp3) is 0. The summed E-state index contributed by atoms with van der Waals surface area (Å²) in [5.74, 6) is 0. The van der Waals surface area contributed by atoms with Crippen LogP contribution in [0.25, 0.3) is 197 Å². The first-order valence-corrected chi connectivity index (χ1v) is 37.1. The van der Waals surface area contributed by atoms with E-state index >= 15 is 0 Å². The average Bonchev–Trinajstić information content (AvgIpc) is 1.40. The Bertz CT molecular complexity index is 7580. The summed E-state index contributed by atoms with van der Waals surface area (Å²) in [6, 6.07) is 142. The van der Waals surface area contributed by atoms with E-state index in [1.807, 2.05) is 0 Å². The molecule has 486 valence electrons. The van der Waals surface area contributed by atoms with Gasteiger partial charge in [-0.1, -0.05) is 370 Å². The molecule has 106 heavy (non-hydrogen) atoms. The second-order valence-corrected chi connectivity index (χ2v) is 28.9. The lowest BCUT2D eigenvalue weighted by atomic mass is 9.77. The molecule has 0 atom stereocenters. The van der Waals surface area contributed by atoms with Gasteiger partial charge in [0.25, 0.3) is 0 Å². The van der Waals surface area contributed by atoms with Crippen molar-refractivity contribution in [2.45, 2.75) is 0 Å². The van der Waals surface area contributed by atoms with Crippen molar-refractivity contribution in [3.05, 3.63) is 418 Å². The van der Waals surface area contributed by atoms with E-state index in [0.29, 0.717) is 0 Å². The number of benzene rings is 21. The molecule has 0 radical (unpaired) electrons. The van der Waals surface area contributed by atoms with Gasteiger partial charge in [-0.2, -0.15) is 0 Å². The van der Waals surface area contributed by atoms with Crippen molar-refractivity contribution in [1.29, 1.82) is 0 Å². The van der Waals surface area contributed by atoms with Crippen LogP contribution in [-0.4, -0.2) is 0 Å². The van der Waals surface area contributed by atoms with Crippen LogP contribution in [0.5, 0.6) is 0 Å². The van der Waals surface area contributed by atoms with Crippen LogP contribution in [0.1, 0.15) is 0 Å². The van der Waals surface area contributed by atoms with Gasteiger partial charge in [0.15, 0.2) is 0 Å². The van der Waals surface area contributed by atoms with Gasteiger partial charge < -0.3 is 0 Å². The van der Waals surface area contributed by atoms with Gasteiger partial charge >= 0.3 is 0 Å². The average molecular weight is 1340 g/mol. The molecule has 0 fully saturated rings. The highest BCUT2D eigenvalue weighted by Gasteiger charge is 2.29. The van der Waals surface area contributed by atoms with Crippen LogP contribution in [0.15, 0.2) is 376 Å². The monoisotopic (exact) mass is 1330 g/mol. The highest BCUT2D eigenvalue weighted by molar-refractivity contribution is 6.35. The predicted molar refractivity (Wildman–Crippen MR) is 448 cm³/mol. The molecule has 21 aromatic carbocycles. The number of rotatable bonds is 9. The Balaban J connectivity index is 0.790. The van der Waals surface area contributed by atoms with Gasteiger partial charge in [-0.3, -0.25) is 0 Å². The Labute approximate surface area is 610 Å². The minimum Gasteiger partial charge on any atom is -0.0622 e. The second kappa shape index (κ2) is 22.9. The summed E-state index contributed by atoms with van der Waals surface area (Å²) in [5, 5.41) is 33.4. The second-order valence-electron chi connectivity index (χ2n) is 28.9. The lowest BCUT2D eigenvalue weighted by Gasteiger charge is -2.25. The van der Waals surface area contributed by atoms with Crippen molar-refractivity contribution in [3.8, 4) is 100 Å². The summed E-state index contributed by atoms with van der Waals surface area (Å²) >= 11 is 0. The highest BCUT2D eigenvalue weighted by atomic mass is 14.3. The van der Waals surface area contributed by atoms with Gasteiger partial charge in [0.1, 0.15) is 0 Å². The molecular formula is C106H62. The minimum atomic E-state index is 1.16. The van der Waals surface area contributed by atoms with E-state index in [2.05, 4.69) is 376 Å². The van der Waals surface area contributed by atoms with Gasteiger partial charge in [0, 0.05) is 0 Å². The van der Waals surface area contributed by atoms with Crippen molar-refractivity contribution < 1.29 is 0 Å². The Kier molecular flexibility index (Phi) is 12.7. The quantitative estimate of drug-likeness (QED) is 0.0998. The third-order valence-corrected chi connectivity index (χ3v) is 23.6. The Morgan fingerprint density at radius 1 is 0.104 bits per heavy atom. The zero-order valence-electron chi connectivity index (χ0n) is 57.8. The molecule has 2 aliphatic carbocycles. The predicted octanol–water partition coefficient (Wildman–Crippen LogP) is 28.3. The van der Waals surface area contributed by atoms with Gasteiger partial charge in [0.05, 0.1) is 0 Å². The maximum atomic E-state index is 2.51. The van der Waals surface area contributed by atoms with Crippen LogP contribution < -0.4 is 0 Å². The molecule has 0 heterocycles. The van der Waals surface area contributed by atoms with E-state index in [4.69, 9.17) is 0 Å². The SMILES string of the molecule is c1ccc(-c2c3c(c(-c4ccccc4)c4ccccc24)=c2ccc4c5ccc6c7c(ccc(c8ccc=3c2c84)c75)=c2c(-c3ccccc3)c3ccc(-c4ccc(-c5c7ccccc7c(-c7ccccc7)c7c(-c8ccccc8)c8ccccc8c(-c8ccccc8)c57)cc4)cc3c(-c3ccccc3)c2=6)cc1. The third kappa shape index (κ3) is 8.30. The molecule has 0 aliphatic heterocycles. The Morgan fingerprint density at radius 3 is 0.585 bits per heavy atom. The van der Waals surface area contributed by atoms with Crippen LogP contribution in [0, 0.1) is 41.7 Å². The van der Waals surface area contributed by atoms with Crippen LogP contribution in [0.4, 0.5) is 0 Å². The number of fused-ring (bicyclic) bond motifs is 9. The molecule has 23 rings (SSSR count). The first-order valence-electron chi connectivity index (χ1n) is 37.1. The fourth-order valence-corrected chi connectivity index (χ4v) is 19.5. The summed E-state index contributed by atoms with van der Waals surface area (Å²) < 4.78 is 0. The van der Waals surface area contributed by atoms with Gasteiger partial charge in [-0.25, -0.2) is 0 Å². The molecule has 0 heteroatoms. The smallest absolute Gasteiger partial charge is 0.000139 e. The summed E-state index contributed by atoms with van der Waals surface area (Å²) in [4.78, 5) is 0. The van der Waals surface area contributed by atoms with Crippen LogP contribution in [-0.2, 0) is 0 Å². The van der Waals surface area contributed by atoms with E-state index in [9.17, 15) is 0 Å². The summed E-state index contributed by atoms with van der Waals surface area (Å²) in [5.41, 5.74) is 22.0. The molecule has 0 spiro atoms. The molecule has 0 unspecified atom stereocenters. The van der Waals surface area contributed by atoms with Crippen LogP contribution in [0.3, 0.4) is 0 Å². The molecule has 2 aliphatic rings. The van der Waals surface area contributed by atoms with E-state index in [-0.39, 0.29) is 0 Å². The number of hydrogen-bond donors (Lipinski definition) is 0. The van der Waals surface area contributed by atoms with Crippen molar-refractivity contribution in [2.75, 3.05) is 0 Å².